The number of nitrogens with zero attached hydrogens (tertiary/aromatic N) is 2. The Kier molecular flexibility index (Phi) is 4.57. The number of aromatic nitrogens is 1. The van der Waals surface area contributed by atoms with Gasteiger partial charge in [-0.3, -0.25) is 4.79 Å². The van der Waals surface area contributed by atoms with E-state index in [-0.39, 0.29) is 12.6 Å². The van der Waals surface area contributed by atoms with Gasteiger partial charge in [0.05, 0.1) is 18.2 Å². The number of hydrogen-bond donors (Lipinski definition) is 2. The minimum Gasteiger partial charge on any atom is -0.481 e. The van der Waals surface area contributed by atoms with Gasteiger partial charge in [-0.15, -0.1) is 11.3 Å². The van der Waals surface area contributed by atoms with Gasteiger partial charge in [-0.05, 0) is 6.42 Å². The Morgan fingerprint density at radius 1 is 1.35 bits per heavy atom. The van der Waals surface area contributed by atoms with Crippen molar-refractivity contribution >= 4 is 23.3 Å². The zero-order valence-corrected chi connectivity index (χ0v) is 13.3. The highest BCUT2D eigenvalue weighted by atomic mass is 32.1. The van der Waals surface area contributed by atoms with E-state index in [1.807, 2.05) is 35.7 Å². The summed E-state index contributed by atoms with van der Waals surface area (Å²) < 4.78 is 0. The highest BCUT2D eigenvalue weighted by Gasteiger charge is 2.30. The number of carbonyl (C=O) groups is 2. The van der Waals surface area contributed by atoms with Crippen LogP contribution in [0, 0.1) is 5.92 Å². The number of carbonyl (C=O) groups excluding carboxylic acids is 1. The van der Waals surface area contributed by atoms with Crippen LogP contribution >= 0.6 is 11.3 Å². The van der Waals surface area contributed by atoms with Crippen molar-refractivity contribution in [3.8, 4) is 10.6 Å². The number of nitrogens with one attached hydrogen (secondary N) is 1. The summed E-state index contributed by atoms with van der Waals surface area (Å²) >= 11 is 1.54. The molecule has 0 bridgehead atoms. The van der Waals surface area contributed by atoms with Gasteiger partial charge in [0.25, 0.3) is 0 Å². The first-order valence-electron chi connectivity index (χ1n) is 7.39. The van der Waals surface area contributed by atoms with E-state index in [0.717, 1.165) is 16.3 Å². The summed E-state index contributed by atoms with van der Waals surface area (Å²) in [6.45, 7) is 1.10. The lowest BCUT2D eigenvalue weighted by atomic mass is 10.1. The van der Waals surface area contributed by atoms with Crippen LogP contribution in [0.15, 0.2) is 35.7 Å². The van der Waals surface area contributed by atoms with Gasteiger partial charge >= 0.3 is 12.0 Å². The third kappa shape index (κ3) is 3.68. The van der Waals surface area contributed by atoms with Crippen LogP contribution in [0.25, 0.3) is 10.6 Å². The molecule has 1 unspecified atom stereocenters. The molecule has 1 atom stereocenters. The predicted octanol–water partition coefficient (Wildman–Crippen LogP) is 2.43. The highest BCUT2D eigenvalue weighted by Crippen LogP contribution is 2.23. The molecule has 23 heavy (non-hydrogen) atoms. The monoisotopic (exact) mass is 331 g/mol. The van der Waals surface area contributed by atoms with Gasteiger partial charge in [-0.25, -0.2) is 9.78 Å². The fourth-order valence-corrected chi connectivity index (χ4v) is 3.35. The lowest BCUT2D eigenvalue weighted by Gasteiger charge is -2.16. The van der Waals surface area contributed by atoms with Gasteiger partial charge in [0.1, 0.15) is 5.01 Å². The molecule has 7 heteroatoms. The van der Waals surface area contributed by atoms with E-state index in [0.29, 0.717) is 19.5 Å². The molecule has 1 aromatic carbocycles. The molecule has 2 N–H and O–H groups in total. The Morgan fingerprint density at radius 2 is 2.13 bits per heavy atom. The van der Waals surface area contributed by atoms with Crippen molar-refractivity contribution in [1.82, 2.24) is 15.2 Å². The number of aliphatic carboxylic acids is 1. The molecule has 0 saturated carbocycles. The van der Waals surface area contributed by atoms with Crippen LogP contribution in [-0.4, -0.2) is 40.1 Å². The molecular formula is C16H17N3O3S. The number of urea groups is 1. The number of carboxylic acid groups (broad SMARTS) is 1. The van der Waals surface area contributed by atoms with Crippen LogP contribution < -0.4 is 5.32 Å². The summed E-state index contributed by atoms with van der Waals surface area (Å²) in [6.07, 6.45) is 0.512. The summed E-state index contributed by atoms with van der Waals surface area (Å²) in [6, 6.07) is 9.64. The maximum Gasteiger partial charge on any atom is 0.317 e. The summed E-state index contributed by atoms with van der Waals surface area (Å²) in [7, 11) is 0. The number of likely N-dealkylation sites (tertiary alicyclic amines) is 1. The van der Waals surface area contributed by atoms with Crippen molar-refractivity contribution in [1.29, 1.82) is 0 Å². The summed E-state index contributed by atoms with van der Waals surface area (Å²) in [5.41, 5.74) is 1.86. The third-order valence-corrected chi connectivity index (χ3v) is 4.76. The van der Waals surface area contributed by atoms with Gasteiger partial charge in [0, 0.05) is 24.0 Å². The Balaban J connectivity index is 1.54. The van der Waals surface area contributed by atoms with E-state index >= 15 is 0 Å². The predicted molar refractivity (Wildman–Crippen MR) is 87.1 cm³/mol. The molecule has 120 valence electrons. The smallest absolute Gasteiger partial charge is 0.317 e. The van der Waals surface area contributed by atoms with E-state index in [9.17, 15) is 9.59 Å². The molecule has 0 spiro atoms. The lowest BCUT2D eigenvalue weighted by Crippen LogP contribution is -2.38. The number of rotatable bonds is 4. The fourth-order valence-electron chi connectivity index (χ4n) is 2.53. The average Bonchev–Trinajstić information content (AvgIpc) is 3.23. The quantitative estimate of drug-likeness (QED) is 0.901. The molecule has 2 amide bonds. The highest BCUT2D eigenvalue weighted by molar-refractivity contribution is 7.13. The lowest BCUT2D eigenvalue weighted by molar-refractivity contribution is -0.141. The molecule has 0 radical (unpaired) electrons. The van der Waals surface area contributed by atoms with E-state index in [1.54, 1.807) is 4.90 Å². The SMILES string of the molecule is O=C(O)C1CCN(C(=O)NCc2csc(-c3ccccc3)n2)C1. The minimum atomic E-state index is -0.840. The Morgan fingerprint density at radius 3 is 2.83 bits per heavy atom. The zero-order chi connectivity index (χ0) is 16.2. The van der Waals surface area contributed by atoms with Gasteiger partial charge in [-0.1, -0.05) is 30.3 Å². The third-order valence-electron chi connectivity index (χ3n) is 3.82. The summed E-state index contributed by atoms with van der Waals surface area (Å²) in [5.74, 6) is -1.29. The van der Waals surface area contributed by atoms with Crippen LogP contribution in [0.4, 0.5) is 4.79 Å². The van der Waals surface area contributed by atoms with E-state index in [2.05, 4.69) is 10.3 Å². The number of thiazole rings is 1. The van der Waals surface area contributed by atoms with E-state index in [1.165, 1.54) is 11.3 Å². The van der Waals surface area contributed by atoms with Crippen molar-refractivity contribution in [3.63, 3.8) is 0 Å². The normalized spacial score (nSPS) is 17.2. The Bertz CT molecular complexity index is 702. The van der Waals surface area contributed by atoms with Gasteiger partial charge in [-0.2, -0.15) is 0 Å². The first-order valence-corrected chi connectivity index (χ1v) is 8.27. The maximum absolute atomic E-state index is 12.1. The first-order chi connectivity index (χ1) is 11.1. The molecule has 2 aromatic rings. The fraction of sp³-hybridized carbons (Fsp3) is 0.312. The topological polar surface area (TPSA) is 82.5 Å². The number of hydrogen-bond acceptors (Lipinski definition) is 4. The first kappa shape index (κ1) is 15.5. The molecule has 1 aliphatic heterocycles. The molecule has 1 fully saturated rings. The molecule has 2 heterocycles. The van der Waals surface area contributed by atoms with Crippen molar-refractivity contribution in [2.75, 3.05) is 13.1 Å². The van der Waals surface area contributed by atoms with Crippen LogP contribution in [0.5, 0.6) is 0 Å². The Labute approximate surface area is 137 Å². The van der Waals surface area contributed by atoms with Crippen molar-refractivity contribution < 1.29 is 14.7 Å². The largest absolute Gasteiger partial charge is 0.481 e. The summed E-state index contributed by atoms with van der Waals surface area (Å²) in [4.78, 5) is 29.0. The number of benzene rings is 1. The molecule has 1 aromatic heterocycles. The molecule has 1 saturated heterocycles. The number of carboxylic acids is 1. The standard InChI is InChI=1S/C16H17N3O3S/c20-15(21)12-6-7-19(9-12)16(22)17-8-13-10-23-14(18-13)11-4-2-1-3-5-11/h1-5,10,12H,6-9H2,(H,17,22)(H,20,21). The van der Waals surface area contributed by atoms with Gasteiger partial charge < -0.3 is 15.3 Å². The zero-order valence-electron chi connectivity index (χ0n) is 12.4. The van der Waals surface area contributed by atoms with Crippen molar-refractivity contribution in [2.45, 2.75) is 13.0 Å². The molecule has 1 aliphatic rings. The maximum atomic E-state index is 12.1. The van der Waals surface area contributed by atoms with Crippen molar-refractivity contribution in [3.05, 3.63) is 41.4 Å². The Hall–Kier alpha value is -2.41. The second-order valence-electron chi connectivity index (χ2n) is 5.44. The van der Waals surface area contributed by atoms with E-state index < -0.39 is 11.9 Å². The van der Waals surface area contributed by atoms with Crippen LogP contribution in [0.1, 0.15) is 12.1 Å². The van der Waals surface area contributed by atoms with Crippen LogP contribution in [0.2, 0.25) is 0 Å². The molecule has 0 aliphatic carbocycles. The minimum absolute atomic E-state index is 0.233. The van der Waals surface area contributed by atoms with Crippen LogP contribution in [0.3, 0.4) is 0 Å². The molecule has 6 nitrogen and oxygen atoms in total. The molecular weight excluding hydrogens is 314 g/mol. The second-order valence-corrected chi connectivity index (χ2v) is 6.30. The number of amides is 2. The second kappa shape index (κ2) is 6.78. The van der Waals surface area contributed by atoms with E-state index in [4.69, 9.17) is 5.11 Å². The summed E-state index contributed by atoms with van der Waals surface area (Å²) in [5, 5.41) is 14.6. The van der Waals surface area contributed by atoms with Gasteiger partial charge in [0.15, 0.2) is 0 Å². The average molecular weight is 331 g/mol. The van der Waals surface area contributed by atoms with Crippen molar-refractivity contribution in [2.24, 2.45) is 5.92 Å². The van der Waals surface area contributed by atoms with Crippen LogP contribution in [-0.2, 0) is 11.3 Å². The van der Waals surface area contributed by atoms with Gasteiger partial charge in [0.2, 0.25) is 0 Å². The molecule has 3 rings (SSSR count).